The molecule has 2 aromatic heterocycles. The number of nitrogens with zero attached hydrogens (tertiary/aromatic N) is 4. The molecule has 0 atom stereocenters. The molecule has 2 heterocycles. The summed E-state index contributed by atoms with van der Waals surface area (Å²) in [5, 5.41) is 9.24. The number of halogens is 1. The van der Waals surface area contributed by atoms with Gasteiger partial charge >= 0.3 is 0 Å². The van der Waals surface area contributed by atoms with Crippen LogP contribution in [0.2, 0.25) is 0 Å². The highest BCUT2D eigenvalue weighted by Crippen LogP contribution is 2.32. The van der Waals surface area contributed by atoms with Crippen LogP contribution in [0.5, 0.6) is 0 Å². The van der Waals surface area contributed by atoms with Gasteiger partial charge in [-0.3, -0.25) is 9.59 Å². The van der Waals surface area contributed by atoms with E-state index in [1.165, 1.54) is 11.1 Å². The van der Waals surface area contributed by atoms with E-state index in [2.05, 4.69) is 21.2 Å². The van der Waals surface area contributed by atoms with Gasteiger partial charge in [0.05, 0.1) is 17.1 Å². The third kappa shape index (κ3) is 5.23. The van der Waals surface area contributed by atoms with Gasteiger partial charge in [0.25, 0.3) is 5.56 Å². The first kappa shape index (κ1) is 26.2. The van der Waals surface area contributed by atoms with E-state index in [0.29, 0.717) is 10.9 Å². The summed E-state index contributed by atoms with van der Waals surface area (Å²) in [4.78, 5) is 31.6. The number of rotatable bonds is 6. The fourth-order valence-corrected chi connectivity index (χ4v) is 5.95. The van der Waals surface area contributed by atoms with E-state index in [0.717, 1.165) is 63.7 Å². The number of carbonyl (C=O) groups is 1. The van der Waals surface area contributed by atoms with Crippen LogP contribution in [0, 0.1) is 6.92 Å². The third-order valence-electron chi connectivity index (χ3n) is 7.67. The Kier molecular flexibility index (Phi) is 7.34. The van der Waals surface area contributed by atoms with Crippen LogP contribution in [0.4, 0.5) is 5.69 Å². The van der Waals surface area contributed by atoms with Crippen molar-refractivity contribution in [1.29, 1.82) is 0 Å². The van der Waals surface area contributed by atoms with Crippen molar-refractivity contribution in [3.63, 3.8) is 0 Å². The van der Waals surface area contributed by atoms with Crippen molar-refractivity contribution in [2.75, 3.05) is 5.32 Å². The Labute approximate surface area is 240 Å². The van der Waals surface area contributed by atoms with Crippen molar-refractivity contribution in [2.24, 2.45) is 5.10 Å². The zero-order valence-corrected chi connectivity index (χ0v) is 23.9. The molecule has 3 aromatic carbocycles. The molecule has 1 aliphatic rings. The van der Waals surface area contributed by atoms with Crippen molar-refractivity contribution in [3.8, 4) is 0 Å². The number of hydrogen-bond acceptors (Lipinski definition) is 4. The summed E-state index contributed by atoms with van der Waals surface area (Å²) < 4.78 is 4.24. The van der Waals surface area contributed by atoms with Gasteiger partial charge in [0.2, 0.25) is 5.91 Å². The smallest absolute Gasteiger partial charge is 0.282 e. The van der Waals surface area contributed by atoms with Gasteiger partial charge in [0.1, 0.15) is 12.4 Å². The first-order valence-electron chi connectivity index (χ1n) is 13.7. The molecule has 40 heavy (non-hydrogen) atoms. The highest BCUT2D eigenvalue weighted by atomic mass is 79.9. The van der Waals surface area contributed by atoms with Crippen molar-refractivity contribution < 1.29 is 4.79 Å². The van der Waals surface area contributed by atoms with Gasteiger partial charge in [-0.05, 0) is 55.7 Å². The summed E-state index contributed by atoms with van der Waals surface area (Å²) in [6, 6.07) is 21.2. The number of carbonyl (C=O) groups excluding carboxylic acids is 1. The maximum atomic E-state index is 13.7. The van der Waals surface area contributed by atoms with Crippen LogP contribution in [-0.4, -0.2) is 26.3 Å². The van der Waals surface area contributed by atoms with E-state index in [1.807, 2.05) is 78.4 Å². The lowest BCUT2D eigenvalue weighted by atomic mass is 9.88. The molecule has 0 bridgehead atoms. The minimum atomic E-state index is -0.176. The predicted molar refractivity (Wildman–Crippen MR) is 164 cm³/mol. The lowest BCUT2D eigenvalue weighted by Crippen LogP contribution is -2.25. The molecule has 202 valence electrons. The van der Waals surface area contributed by atoms with Crippen LogP contribution in [0.3, 0.4) is 0 Å². The van der Waals surface area contributed by atoms with Crippen molar-refractivity contribution in [3.05, 3.63) is 105 Å². The Hall–Kier alpha value is -4.04. The number of fused-ring (bicyclic) bond motifs is 2. The molecule has 6 rings (SSSR count). The van der Waals surface area contributed by atoms with Crippen molar-refractivity contribution in [2.45, 2.75) is 51.5 Å². The van der Waals surface area contributed by atoms with Crippen LogP contribution in [0.15, 0.2) is 87.3 Å². The third-order valence-corrected chi connectivity index (χ3v) is 8.16. The Balaban J connectivity index is 1.38. The summed E-state index contributed by atoms with van der Waals surface area (Å²) in [5.74, 6) is 0.800. The van der Waals surface area contributed by atoms with E-state index in [-0.39, 0.29) is 23.9 Å². The van der Waals surface area contributed by atoms with Crippen LogP contribution < -0.4 is 10.9 Å². The van der Waals surface area contributed by atoms with Crippen LogP contribution in [0.1, 0.15) is 55.0 Å². The van der Waals surface area contributed by atoms with Gasteiger partial charge in [-0.15, -0.1) is 0 Å². The number of aryl methyl sites for hydroxylation is 1. The van der Waals surface area contributed by atoms with Gasteiger partial charge in [-0.1, -0.05) is 71.6 Å². The predicted octanol–water partition coefficient (Wildman–Crippen LogP) is 6.99. The van der Waals surface area contributed by atoms with E-state index in [4.69, 9.17) is 10.1 Å². The molecule has 0 spiro atoms. The molecule has 7 nitrogen and oxygen atoms in total. The maximum absolute atomic E-state index is 13.7. The van der Waals surface area contributed by atoms with Gasteiger partial charge in [0.15, 0.2) is 0 Å². The molecule has 1 fully saturated rings. The zero-order valence-electron chi connectivity index (χ0n) is 22.3. The quantitative estimate of drug-likeness (QED) is 0.215. The number of para-hydroxylation sites is 2. The minimum Gasteiger partial charge on any atom is -0.337 e. The Morgan fingerprint density at radius 3 is 2.65 bits per heavy atom. The average Bonchev–Trinajstić information content (AvgIpc) is 3.31. The van der Waals surface area contributed by atoms with E-state index in [1.54, 1.807) is 12.3 Å². The maximum Gasteiger partial charge on any atom is 0.282 e. The van der Waals surface area contributed by atoms with E-state index >= 15 is 0 Å². The number of amides is 1. The lowest BCUT2D eigenvalue weighted by molar-refractivity contribution is -0.116. The summed E-state index contributed by atoms with van der Waals surface area (Å²) >= 11 is 3.49. The lowest BCUT2D eigenvalue weighted by Gasteiger charge is -2.22. The van der Waals surface area contributed by atoms with E-state index < -0.39 is 0 Å². The normalized spacial score (nSPS) is 14.3. The largest absolute Gasteiger partial charge is 0.337 e. The van der Waals surface area contributed by atoms with Gasteiger partial charge in [-0.2, -0.15) is 9.78 Å². The first-order valence-corrected chi connectivity index (χ1v) is 14.5. The molecule has 0 radical (unpaired) electrons. The minimum absolute atomic E-state index is 0.112. The molecule has 0 aliphatic heterocycles. The van der Waals surface area contributed by atoms with Crippen molar-refractivity contribution in [1.82, 2.24) is 14.2 Å². The summed E-state index contributed by atoms with van der Waals surface area (Å²) in [6.45, 7) is 2.13. The van der Waals surface area contributed by atoms with Gasteiger partial charge in [0, 0.05) is 38.7 Å². The Bertz CT molecular complexity index is 1810. The second kappa shape index (κ2) is 11.2. The van der Waals surface area contributed by atoms with Gasteiger partial charge < -0.3 is 9.88 Å². The highest BCUT2D eigenvalue weighted by molar-refractivity contribution is 9.10. The Morgan fingerprint density at radius 2 is 1.82 bits per heavy atom. The number of nitrogens with one attached hydrogen (secondary N) is 1. The zero-order chi connectivity index (χ0) is 27.6. The molecule has 1 aliphatic carbocycles. The monoisotopic (exact) mass is 595 g/mol. The molecule has 1 saturated carbocycles. The molecule has 5 aromatic rings. The number of aromatic nitrogens is 3. The molecule has 8 heteroatoms. The van der Waals surface area contributed by atoms with Gasteiger partial charge in [-0.25, -0.2) is 4.98 Å². The first-order chi connectivity index (χ1) is 19.5. The molecule has 0 saturated heterocycles. The average molecular weight is 597 g/mol. The van der Waals surface area contributed by atoms with Crippen LogP contribution in [0.25, 0.3) is 21.8 Å². The number of anilines is 1. The number of hydrogen-bond donors (Lipinski definition) is 1. The second-order valence-electron chi connectivity index (χ2n) is 10.4. The SMILES string of the molecule is Cc1ccccc1NC(=O)Cn1cc(C=Nn2c(C3CCCCC3)nc3ccc(Br)cc3c2=O)c2ccccc21. The Morgan fingerprint density at radius 1 is 1.05 bits per heavy atom. The molecule has 1 N–H and O–H groups in total. The summed E-state index contributed by atoms with van der Waals surface area (Å²) in [5.41, 5.74) is 4.08. The standard InChI is InChI=1S/C32H30BrN5O2/c1-21-9-5-7-13-27(21)35-30(39)20-37-19-23(25-12-6-8-14-29(25)37)18-34-38-31(22-10-3-2-4-11-22)36-28-16-15-24(33)17-26(28)32(38)40/h5-9,12-19,22H,2-4,10-11,20H2,1H3,(H,35,39). The fraction of sp³-hybridized carbons (Fsp3) is 0.250. The van der Waals surface area contributed by atoms with E-state index in [9.17, 15) is 9.59 Å². The number of benzene rings is 3. The van der Waals surface area contributed by atoms with Crippen LogP contribution in [-0.2, 0) is 11.3 Å². The van der Waals surface area contributed by atoms with Crippen LogP contribution >= 0.6 is 15.9 Å². The molecule has 0 unspecified atom stereocenters. The molecular formula is C32H30BrN5O2. The molecular weight excluding hydrogens is 566 g/mol. The summed E-state index contributed by atoms with van der Waals surface area (Å²) in [7, 11) is 0. The molecule has 1 amide bonds. The fourth-order valence-electron chi connectivity index (χ4n) is 5.59. The second-order valence-corrected chi connectivity index (χ2v) is 11.3. The topological polar surface area (TPSA) is 81.3 Å². The van der Waals surface area contributed by atoms with Crippen molar-refractivity contribution >= 4 is 55.5 Å². The summed E-state index contributed by atoms with van der Waals surface area (Å²) in [6.07, 6.45) is 9.10. The highest BCUT2D eigenvalue weighted by Gasteiger charge is 2.22.